The maximum absolute atomic E-state index is 15.1. The molecule has 238 valence electrons. The summed E-state index contributed by atoms with van der Waals surface area (Å²) in [6.07, 6.45) is 2.52. The fraction of sp³-hybridized carbons (Fsp3) is 0.588. The van der Waals surface area contributed by atoms with Gasteiger partial charge in [0.25, 0.3) is 0 Å². The van der Waals surface area contributed by atoms with E-state index in [1.807, 2.05) is 31.7 Å². The first-order valence-corrected chi connectivity index (χ1v) is 16.1. The standard InChI is InChI=1S/C34H42ClF2N3O4/c1-20-15-25-28(17-29(20)35)34(44-31(25)33(3,4)38-21(2)41)9-11-39(12-10-34)32(42)27-19-40(23-7-13-43-14-8-23)18-26(27)24-6-5-22(36)16-30(24)37/h5-6,15-17,23,26-27,31H,7-14,18-19H2,1-4H3,(H,38,41)/t26-,27+,31+/m0/s1. The minimum absolute atomic E-state index is 0.00146. The molecule has 1 N–H and O–H groups in total. The number of carbonyl (C=O) groups excluding carboxylic acids is 2. The summed E-state index contributed by atoms with van der Waals surface area (Å²) >= 11 is 6.62. The van der Waals surface area contributed by atoms with Crippen molar-refractivity contribution in [1.29, 1.82) is 0 Å². The lowest BCUT2D eigenvalue weighted by molar-refractivity contribution is -0.153. The Morgan fingerprint density at radius 2 is 1.75 bits per heavy atom. The number of carbonyl (C=O) groups is 2. The minimum Gasteiger partial charge on any atom is -0.381 e. The van der Waals surface area contributed by atoms with Crippen LogP contribution in [0.3, 0.4) is 0 Å². The molecule has 7 nitrogen and oxygen atoms in total. The van der Waals surface area contributed by atoms with Gasteiger partial charge >= 0.3 is 0 Å². The maximum atomic E-state index is 15.1. The van der Waals surface area contributed by atoms with Gasteiger partial charge in [-0.2, -0.15) is 0 Å². The van der Waals surface area contributed by atoms with Crippen LogP contribution in [0.25, 0.3) is 0 Å². The number of piperidine rings is 1. The van der Waals surface area contributed by atoms with Crippen molar-refractivity contribution < 1.29 is 27.8 Å². The van der Waals surface area contributed by atoms with Crippen LogP contribution in [0.5, 0.6) is 0 Å². The molecule has 0 aliphatic carbocycles. The molecule has 2 amide bonds. The van der Waals surface area contributed by atoms with Crippen LogP contribution in [-0.2, 0) is 24.7 Å². The Hall–Kier alpha value is -2.59. The van der Waals surface area contributed by atoms with Crippen molar-refractivity contribution in [2.45, 2.75) is 82.6 Å². The molecule has 4 aliphatic heterocycles. The molecule has 6 rings (SSSR count). The van der Waals surface area contributed by atoms with Crippen LogP contribution >= 0.6 is 11.6 Å². The van der Waals surface area contributed by atoms with Gasteiger partial charge in [-0.05, 0) is 80.8 Å². The summed E-state index contributed by atoms with van der Waals surface area (Å²) in [4.78, 5) is 30.5. The molecule has 2 aromatic carbocycles. The predicted octanol–water partition coefficient (Wildman–Crippen LogP) is 5.62. The first kappa shape index (κ1) is 31.4. The molecule has 44 heavy (non-hydrogen) atoms. The summed E-state index contributed by atoms with van der Waals surface area (Å²) in [6, 6.07) is 8.02. The summed E-state index contributed by atoms with van der Waals surface area (Å²) in [5.74, 6) is -2.16. The lowest BCUT2D eigenvalue weighted by Crippen LogP contribution is -2.50. The number of ether oxygens (including phenoxy) is 2. The predicted molar refractivity (Wildman–Crippen MR) is 163 cm³/mol. The molecule has 0 bridgehead atoms. The molecule has 0 aromatic heterocycles. The minimum atomic E-state index is -0.665. The van der Waals surface area contributed by atoms with Gasteiger partial charge in [0.2, 0.25) is 11.8 Å². The second kappa shape index (κ2) is 12.0. The summed E-state index contributed by atoms with van der Waals surface area (Å²) in [5, 5.41) is 3.71. The van der Waals surface area contributed by atoms with Crippen molar-refractivity contribution in [1.82, 2.24) is 15.1 Å². The number of aryl methyl sites for hydroxylation is 1. The van der Waals surface area contributed by atoms with E-state index in [4.69, 9.17) is 21.1 Å². The third-order valence-electron chi connectivity index (χ3n) is 10.2. The first-order chi connectivity index (χ1) is 20.9. The zero-order chi connectivity index (χ0) is 31.4. The van der Waals surface area contributed by atoms with Gasteiger partial charge in [0.15, 0.2) is 0 Å². The number of benzene rings is 2. The normalized spacial score (nSPS) is 25.8. The summed E-state index contributed by atoms with van der Waals surface area (Å²) in [7, 11) is 0. The fourth-order valence-corrected chi connectivity index (χ4v) is 8.15. The van der Waals surface area contributed by atoms with Gasteiger partial charge in [-0.15, -0.1) is 0 Å². The van der Waals surface area contributed by atoms with E-state index in [0.717, 1.165) is 35.6 Å². The van der Waals surface area contributed by atoms with E-state index >= 15 is 4.39 Å². The number of halogens is 3. The molecule has 0 saturated carbocycles. The Bertz CT molecular complexity index is 1440. The largest absolute Gasteiger partial charge is 0.381 e. The summed E-state index contributed by atoms with van der Waals surface area (Å²) in [6.45, 7) is 10.8. The number of nitrogens with one attached hydrogen (secondary N) is 1. The molecular formula is C34H42ClF2N3O4. The van der Waals surface area contributed by atoms with Crippen LogP contribution in [-0.4, -0.2) is 72.6 Å². The van der Waals surface area contributed by atoms with E-state index < -0.39 is 28.7 Å². The molecule has 4 heterocycles. The van der Waals surface area contributed by atoms with Gasteiger partial charge in [-0.3, -0.25) is 14.5 Å². The highest BCUT2D eigenvalue weighted by Gasteiger charge is 2.53. The van der Waals surface area contributed by atoms with Crippen LogP contribution in [0.4, 0.5) is 8.78 Å². The number of nitrogens with zero attached hydrogens (tertiary/aromatic N) is 2. The molecular weight excluding hydrogens is 588 g/mol. The number of hydrogen-bond acceptors (Lipinski definition) is 5. The second-order valence-corrected chi connectivity index (χ2v) is 14.0. The Labute approximate surface area is 263 Å². The SMILES string of the molecule is CC(=O)NC(C)(C)[C@@H]1OC2(CCN(C(=O)[C@@H]3CN(C4CCOCC4)C[C@H]3c3ccc(F)cc3F)CC2)c2cc(Cl)c(C)cc21. The highest BCUT2D eigenvalue weighted by atomic mass is 35.5. The van der Waals surface area contributed by atoms with Crippen molar-refractivity contribution in [3.05, 3.63) is 69.2 Å². The van der Waals surface area contributed by atoms with Crippen molar-refractivity contribution in [3.63, 3.8) is 0 Å². The Balaban J connectivity index is 1.24. The molecule has 0 unspecified atom stereocenters. The third-order valence-corrected chi connectivity index (χ3v) is 10.6. The zero-order valence-electron chi connectivity index (χ0n) is 25.9. The van der Waals surface area contributed by atoms with Crippen LogP contribution < -0.4 is 5.32 Å². The van der Waals surface area contributed by atoms with E-state index in [1.165, 1.54) is 19.1 Å². The number of rotatable bonds is 5. The number of amides is 2. The topological polar surface area (TPSA) is 71.1 Å². The lowest BCUT2D eigenvalue weighted by Gasteiger charge is -2.42. The monoisotopic (exact) mass is 629 g/mol. The Morgan fingerprint density at radius 3 is 2.41 bits per heavy atom. The van der Waals surface area contributed by atoms with Crippen LogP contribution in [0.2, 0.25) is 5.02 Å². The fourth-order valence-electron chi connectivity index (χ4n) is 7.98. The number of fused-ring (bicyclic) bond motifs is 2. The van der Waals surface area contributed by atoms with Gasteiger partial charge in [0.1, 0.15) is 17.7 Å². The van der Waals surface area contributed by atoms with Gasteiger partial charge in [-0.1, -0.05) is 23.7 Å². The Morgan fingerprint density at radius 1 is 1.05 bits per heavy atom. The van der Waals surface area contributed by atoms with Gasteiger partial charge < -0.3 is 19.7 Å². The van der Waals surface area contributed by atoms with Gasteiger partial charge in [0, 0.05) is 69.4 Å². The van der Waals surface area contributed by atoms with Crippen LogP contribution in [0, 0.1) is 24.5 Å². The van der Waals surface area contributed by atoms with Crippen molar-refractivity contribution in [2.75, 3.05) is 39.4 Å². The average molecular weight is 630 g/mol. The zero-order valence-corrected chi connectivity index (χ0v) is 26.7. The van der Waals surface area contributed by atoms with E-state index in [1.54, 1.807) is 0 Å². The molecule has 1 spiro atoms. The van der Waals surface area contributed by atoms with Crippen LogP contribution in [0.15, 0.2) is 30.3 Å². The number of hydrogen-bond donors (Lipinski definition) is 1. The van der Waals surface area contributed by atoms with E-state index in [2.05, 4.69) is 16.3 Å². The molecule has 4 aliphatic rings. The van der Waals surface area contributed by atoms with Gasteiger partial charge in [0.05, 0.1) is 17.1 Å². The second-order valence-electron chi connectivity index (χ2n) is 13.6. The van der Waals surface area contributed by atoms with E-state index in [-0.39, 0.29) is 29.9 Å². The summed E-state index contributed by atoms with van der Waals surface area (Å²) < 4.78 is 41.4. The van der Waals surface area contributed by atoms with Gasteiger partial charge in [-0.25, -0.2) is 8.78 Å². The van der Waals surface area contributed by atoms with Crippen molar-refractivity contribution >= 4 is 23.4 Å². The molecule has 3 atom stereocenters. The van der Waals surface area contributed by atoms with E-state index in [9.17, 15) is 14.0 Å². The molecule has 3 fully saturated rings. The molecule has 10 heteroatoms. The molecule has 2 aromatic rings. The molecule has 0 radical (unpaired) electrons. The first-order valence-electron chi connectivity index (χ1n) is 15.7. The highest BCUT2D eigenvalue weighted by Crippen LogP contribution is 2.54. The van der Waals surface area contributed by atoms with Crippen molar-refractivity contribution in [2.24, 2.45) is 5.92 Å². The van der Waals surface area contributed by atoms with Crippen LogP contribution in [0.1, 0.15) is 80.7 Å². The smallest absolute Gasteiger partial charge is 0.227 e. The Kier molecular flexibility index (Phi) is 8.54. The summed E-state index contributed by atoms with van der Waals surface area (Å²) in [5.41, 5.74) is 2.06. The third kappa shape index (κ3) is 5.77. The maximum Gasteiger partial charge on any atom is 0.227 e. The van der Waals surface area contributed by atoms with Crippen molar-refractivity contribution in [3.8, 4) is 0 Å². The quantitative estimate of drug-likeness (QED) is 0.465. The van der Waals surface area contributed by atoms with E-state index in [0.29, 0.717) is 62.8 Å². The average Bonchev–Trinajstić information content (AvgIpc) is 3.54. The lowest BCUT2D eigenvalue weighted by atomic mass is 9.81. The number of likely N-dealkylation sites (tertiary alicyclic amines) is 2. The molecule has 3 saturated heterocycles. The highest BCUT2D eigenvalue weighted by molar-refractivity contribution is 6.31.